The molecule has 0 aliphatic carbocycles. The van der Waals surface area contributed by atoms with Crippen LogP contribution < -0.4 is 15.8 Å². The fourth-order valence-corrected chi connectivity index (χ4v) is 3.17. The predicted molar refractivity (Wildman–Crippen MR) is 112 cm³/mol. The van der Waals surface area contributed by atoms with Crippen molar-refractivity contribution >= 4 is 29.0 Å². The van der Waals surface area contributed by atoms with Crippen LogP contribution in [0, 0.1) is 6.92 Å². The lowest BCUT2D eigenvalue weighted by atomic mass is 10.2. The second-order valence-electron chi connectivity index (χ2n) is 6.73. The van der Waals surface area contributed by atoms with Crippen molar-refractivity contribution in [2.75, 3.05) is 56.2 Å². The summed E-state index contributed by atoms with van der Waals surface area (Å²) in [6.45, 7) is 5.89. The van der Waals surface area contributed by atoms with Crippen LogP contribution >= 0.6 is 11.6 Å². The number of pyridine rings is 1. The van der Waals surface area contributed by atoms with Gasteiger partial charge in [0.15, 0.2) is 0 Å². The Balaban J connectivity index is 1.31. The van der Waals surface area contributed by atoms with Gasteiger partial charge in [0.1, 0.15) is 5.82 Å². The van der Waals surface area contributed by atoms with Crippen LogP contribution in [-0.2, 0) is 9.53 Å². The lowest BCUT2D eigenvalue weighted by Crippen LogP contribution is -2.49. The number of halogens is 1. The van der Waals surface area contributed by atoms with Crippen molar-refractivity contribution in [3.63, 3.8) is 0 Å². The van der Waals surface area contributed by atoms with Crippen LogP contribution in [0.2, 0.25) is 5.02 Å². The molecular formula is C19H25ClN6O3. The first kappa shape index (κ1) is 21.1. The Bertz CT molecular complexity index is 865. The van der Waals surface area contributed by atoms with Gasteiger partial charge in [0, 0.05) is 44.5 Å². The molecule has 10 heteroatoms. The van der Waals surface area contributed by atoms with Gasteiger partial charge in [-0.1, -0.05) is 11.6 Å². The second-order valence-corrected chi connectivity index (χ2v) is 7.17. The summed E-state index contributed by atoms with van der Waals surface area (Å²) in [4.78, 5) is 32.2. The molecule has 0 aromatic carbocycles. The second kappa shape index (κ2) is 10.2. The number of carbonyl (C=O) groups is 1. The average Bonchev–Trinajstić information content (AvgIpc) is 2.74. The minimum atomic E-state index is -0.214. The maximum absolute atomic E-state index is 12.4. The fourth-order valence-electron chi connectivity index (χ4n) is 3.05. The standard InChI is InChI=1S/C19H25ClN6O3/c1-14-16(13-23-24-19(14)28)21-5-11-29-10-4-18(27)26-8-6-25(7-9-26)17-3-2-15(20)12-22-17/h2-3,12-13H,4-11H2,1H3,(H2,21,24,28). The number of aromatic nitrogens is 3. The zero-order valence-electron chi connectivity index (χ0n) is 16.4. The van der Waals surface area contributed by atoms with Crippen molar-refractivity contribution in [2.45, 2.75) is 13.3 Å². The number of H-pyrrole nitrogens is 1. The summed E-state index contributed by atoms with van der Waals surface area (Å²) in [5.74, 6) is 0.972. The van der Waals surface area contributed by atoms with E-state index in [1.165, 1.54) is 0 Å². The fraction of sp³-hybridized carbons (Fsp3) is 0.474. The highest BCUT2D eigenvalue weighted by Crippen LogP contribution is 2.16. The summed E-state index contributed by atoms with van der Waals surface area (Å²) >= 11 is 5.87. The molecule has 3 heterocycles. The molecule has 1 fully saturated rings. The molecule has 2 aromatic rings. The molecule has 0 spiro atoms. The van der Waals surface area contributed by atoms with Crippen LogP contribution in [0.3, 0.4) is 0 Å². The van der Waals surface area contributed by atoms with E-state index in [0.29, 0.717) is 55.5 Å². The Morgan fingerprint density at radius 1 is 1.24 bits per heavy atom. The minimum absolute atomic E-state index is 0.0938. The van der Waals surface area contributed by atoms with Crippen LogP contribution in [0.1, 0.15) is 12.0 Å². The number of carbonyl (C=O) groups excluding carboxylic acids is 1. The predicted octanol–water partition coefficient (Wildman–Crippen LogP) is 1.29. The Hall–Kier alpha value is -2.65. The number of piperazine rings is 1. The third-order valence-corrected chi connectivity index (χ3v) is 5.02. The molecule has 0 unspecified atom stereocenters. The van der Waals surface area contributed by atoms with E-state index in [1.54, 1.807) is 19.3 Å². The normalized spacial score (nSPS) is 14.1. The van der Waals surface area contributed by atoms with E-state index in [0.717, 1.165) is 18.9 Å². The first-order chi connectivity index (χ1) is 14.0. The first-order valence-electron chi connectivity index (χ1n) is 9.55. The topological polar surface area (TPSA) is 103 Å². The van der Waals surface area contributed by atoms with E-state index in [1.807, 2.05) is 17.0 Å². The van der Waals surface area contributed by atoms with Crippen molar-refractivity contribution < 1.29 is 9.53 Å². The Labute approximate surface area is 174 Å². The highest BCUT2D eigenvalue weighted by Gasteiger charge is 2.21. The summed E-state index contributed by atoms with van der Waals surface area (Å²) in [5, 5.41) is 9.86. The zero-order chi connectivity index (χ0) is 20.6. The van der Waals surface area contributed by atoms with E-state index < -0.39 is 0 Å². The number of hydrogen-bond acceptors (Lipinski definition) is 7. The first-order valence-corrected chi connectivity index (χ1v) is 9.92. The molecule has 9 nitrogen and oxygen atoms in total. The summed E-state index contributed by atoms with van der Waals surface area (Å²) in [7, 11) is 0. The van der Waals surface area contributed by atoms with Gasteiger partial charge in [0.05, 0.1) is 36.5 Å². The number of aromatic amines is 1. The molecule has 0 bridgehead atoms. The average molecular weight is 421 g/mol. The van der Waals surface area contributed by atoms with Crippen molar-refractivity contribution in [1.82, 2.24) is 20.1 Å². The molecule has 29 heavy (non-hydrogen) atoms. The lowest BCUT2D eigenvalue weighted by Gasteiger charge is -2.35. The number of anilines is 2. The molecular weight excluding hydrogens is 396 g/mol. The summed E-state index contributed by atoms with van der Waals surface area (Å²) in [6.07, 6.45) is 3.55. The van der Waals surface area contributed by atoms with Gasteiger partial charge in [-0.2, -0.15) is 5.10 Å². The van der Waals surface area contributed by atoms with Gasteiger partial charge in [-0.3, -0.25) is 9.59 Å². The van der Waals surface area contributed by atoms with Crippen molar-refractivity contribution in [2.24, 2.45) is 0 Å². The molecule has 1 aliphatic rings. The van der Waals surface area contributed by atoms with Crippen LogP contribution in [0.25, 0.3) is 0 Å². The van der Waals surface area contributed by atoms with E-state index in [4.69, 9.17) is 16.3 Å². The Morgan fingerprint density at radius 2 is 2.03 bits per heavy atom. The number of amides is 1. The SMILES string of the molecule is Cc1c(NCCOCCC(=O)N2CCN(c3ccc(Cl)cn3)CC2)cn[nH]c1=O. The molecule has 3 rings (SSSR count). The Kier molecular flexibility index (Phi) is 7.42. The Morgan fingerprint density at radius 3 is 2.76 bits per heavy atom. The third kappa shape index (κ3) is 5.91. The molecule has 1 saturated heterocycles. The number of rotatable bonds is 8. The summed E-state index contributed by atoms with van der Waals surface area (Å²) in [6, 6.07) is 3.71. The van der Waals surface area contributed by atoms with Gasteiger partial charge in [-0.05, 0) is 19.1 Å². The molecule has 0 atom stereocenters. The zero-order valence-corrected chi connectivity index (χ0v) is 17.1. The molecule has 1 amide bonds. The molecule has 2 N–H and O–H groups in total. The van der Waals surface area contributed by atoms with E-state index in [9.17, 15) is 9.59 Å². The molecule has 0 radical (unpaired) electrons. The third-order valence-electron chi connectivity index (χ3n) is 4.79. The van der Waals surface area contributed by atoms with Crippen LogP contribution in [-0.4, -0.2) is 71.9 Å². The number of nitrogens with one attached hydrogen (secondary N) is 2. The van der Waals surface area contributed by atoms with Crippen LogP contribution in [0.5, 0.6) is 0 Å². The molecule has 156 valence electrons. The number of nitrogens with zero attached hydrogens (tertiary/aromatic N) is 4. The lowest BCUT2D eigenvalue weighted by molar-refractivity contribution is -0.132. The van der Waals surface area contributed by atoms with Gasteiger partial charge in [-0.15, -0.1) is 0 Å². The van der Waals surface area contributed by atoms with E-state index in [-0.39, 0.29) is 11.5 Å². The molecule has 2 aromatic heterocycles. The summed E-state index contributed by atoms with van der Waals surface area (Å²) in [5.41, 5.74) is 1.05. The van der Waals surface area contributed by atoms with Gasteiger partial charge < -0.3 is 19.9 Å². The van der Waals surface area contributed by atoms with Gasteiger partial charge in [0.2, 0.25) is 5.91 Å². The monoisotopic (exact) mass is 420 g/mol. The van der Waals surface area contributed by atoms with Crippen molar-refractivity contribution in [3.05, 3.63) is 45.5 Å². The maximum Gasteiger partial charge on any atom is 0.269 e. The molecule has 1 aliphatic heterocycles. The minimum Gasteiger partial charge on any atom is -0.381 e. The smallest absolute Gasteiger partial charge is 0.269 e. The van der Waals surface area contributed by atoms with Crippen molar-refractivity contribution in [1.29, 1.82) is 0 Å². The maximum atomic E-state index is 12.4. The van der Waals surface area contributed by atoms with E-state index >= 15 is 0 Å². The van der Waals surface area contributed by atoms with Crippen LogP contribution in [0.15, 0.2) is 29.3 Å². The highest BCUT2D eigenvalue weighted by atomic mass is 35.5. The highest BCUT2D eigenvalue weighted by molar-refractivity contribution is 6.30. The number of hydrogen-bond donors (Lipinski definition) is 2. The number of ether oxygens (including phenoxy) is 1. The van der Waals surface area contributed by atoms with E-state index in [2.05, 4.69) is 25.4 Å². The quantitative estimate of drug-likeness (QED) is 0.620. The van der Waals surface area contributed by atoms with Gasteiger partial charge in [-0.25, -0.2) is 10.1 Å². The largest absolute Gasteiger partial charge is 0.381 e. The van der Waals surface area contributed by atoms with Gasteiger partial charge >= 0.3 is 0 Å². The van der Waals surface area contributed by atoms with Gasteiger partial charge in [0.25, 0.3) is 5.56 Å². The molecule has 0 saturated carbocycles. The summed E-state index contributed by atoms with van der Waals surface area (Å²) < 4.78 is 5.54. The van der Waals surface area contributed by atoms with Crippen molar-refractivity contribution in [3.8, 4) is 0 Å². The van der Waals surface area contributed by atoms with Crippen LogP contribution in [0.4, 0.5) is 11.5 Å².